The van der Waals surface area contributed by atoms with Crippen LogP contribution in [-0.2, 0) is 32.1 Å². The van der Waals surface area contributed by atoms with Crippen molar-refractivity contribution in [1.29, 1.82) is 0 Å². The number of aryl methyl sites for hydroxylation is 4. The van der Waals surface area contributed by atoms with Crippen LogP contribution in [0.15, 0.2) is 133 Å². The van der Waals surface area contributed by atoms with Gasteiger partial charge in [-0.2, -0.15) is 0 Å². The summed E-state index contributed by atoms with van der Waals surface area (Å²) < 4.78 is 0. The smallest absolute Gasteiger partial charge is 0.0281 e. The summed E-state index contributed by atoms with van der Waals surface area (Å²) in [5.74, 6) is 0.840. The Morgan fingerprint density at radius 2 is 1.44 bits per heavy atom. The Labute approximate surface area is 233 Å². The minimum atomic E-state index is 0.392. The Kier molecular flexibility index (Phi) is 6.63. The van der Waals surface area contributed by atoms with Crippen molar-refractivity contribution in [3.8, 4) is 0 Å². The van der Waals surface area contributed by atoms with Gasteiger partial charge in [-0.25, -0.2) is 0 Å². The zero-order valence-electron chi connectivity index (χ0n) is 22.7. The molecule has 4 aliphatic rings. The van der Waals surface area contributed by atoms with E-state index < -0.39 is 0 Å². The molecule has 0 aliphatic heterocycles. The van der Waals surface area contributed by atoms with Gasteiger partial charge in [0.15, 0.2) is 0 Å². The summed E-state index contributed by atoms with van der Waals surface area (Å²) in [6.07, 6.45) is 28.8. The molecule has 0 saturated heterocycles. The highest BCUT2D eigenvalue weighted by molar-refractivity contribution is 5.79. The Bertz CT molecular complexity index is 1550. The summed E-state index contributed by atoms with van der Waals surface area (Å²) in [6, 6.07) is 25.6. The quantitative estimate of drug-likeness (QED) is 0.287. The molecule has 3 aromatic rings. The van der Waals surface area contributed by atoms with Gasteiger partial charge in [-0.05, 0) is 101 Å². The lowest BCUT2D eigenvalue weighted by Gasteiger charge is -2.25. The van der Waals surface area contributed by atoms with Gasteiger partial charge in [0.1, 0.15) is 0 Å². The molecule has 0 amide bonds. The van der Waals surface area contributed by atoms with Crippen molar-refractivity contribution in [3.05, 3.63) is 172 Å². The van der Waals surface area contributed by atoms with Crippen molar-refractivity contribution in [2.75, 3.05) is 0 Å². The van der Waals surface area contributed by atoms with Crippen molar-refractivity contribution >= 4 is 5.57 Å². The van der Waals surface area contributed by atoms with Crippen molar-refractivity contribution in [2.24, 2.45) is 5.92 Å². The maximum Gasteiger partial charge on any atom is 0.0281 e. The van der Waals surface area contributed by atoms with E-state index in [0.717, 1.165) is 19.3 Å². The van der Waals surface area contributed by atoms with Crippen LogP contribution in [0.5, 0.6) is 0 Å². The fourth-order valence-corrected chi connectivity index (χ4v) is 6.78. The molecule has 39 heavy (non-hydrogen) atoms. The third kappa shape index (κ3) is 5.09. The normalized spacial score (nSPS) is 19.2. The third-order valence-electron chi connectivity index (χ3n) is 8.95. The van der Waals surface area contributed by atoms with Crippen LogP contribution in [0.4, 0.5) is 0 Å². The summed E-state index contributed by atoms with van der Waals surface area (Å²) in [5, 5.41) is 0. The maximum atomic E-state index is 2.45. The molecule has 0 heteroatoms. The van der Waals surface area contributed by atoms with Crippen molar-refractivity contribution < 1.29 is 0 Å². The third-order valence-corrected chi connectivity index (χ3v) is 8.95. The largest absolute Gasteiger partial charge is 0.0732 e. The predicted molar refractivity (Wildman–Crippen MR) is 165 cm³/mol. The summed E-state index contributed by atoms with van der Waals surface area (Å²) >= 11 is 0. The molecule has 0 radical (unpaired) electrons. The Morgan fingerprint density at radius 1 is 0.615 bits per heavy atom. The molecule has 3 aromatic carbocycles. The molecule has 0 spiro atoms. The second kappa shape index (κ2) is 10.7. The Balaban J connectivity index is 0.990. The van der Waals surface area contributed by atoms with Crippen LogP contribution in [0, 0.1) is 5.92 Å². The van der Waals surface area contributed by atoms with Crippen molar-refractivity contribution in [3.63, 3.8) is 0 Å². The van der Waals surface area contributed by atoms with E-state index in [1.54, 1.807) is 11.1 Å². The first-order valence-electron chi connectivity index (χ1n) is 14.7. The number of fused-ring (bicyclic) bond motifs is 2. The summed E-state index contributed by atoms with van der Waals surface area (Å²) in [5.41, 5.74) is 14.6. The first-order valence-corrected chi connectivity index (χ1v) is 14.7. The topological polar surface area (TPSA) is 0 Å². The molecule has 4 aliphatic carbocycles. The van der Waals surface area contributed by atoms with E-state index in [9.17, 15) is 0 Å². The SMILES string of the molecule is C1=CC2C(=C1)C(Cc1ccc(CCCc3cccc(C4C=CC=C4)c3)cc1)=CC=C2c1ccc2c(c1)CCC2. The molecule has 1 unspecified atom stereocenters. The summed E-state index contributed by atoms with van der Waals surface area (Å²) in [4.78, 5) is 0. The molecule has 7 rings (SSSR count). The molecule has 0 N–H and O–H groups in total. The molecular formula is C39H36. The van der Waals surface area contributed by atoms with E-state index in [1.165, 1.54) is 70.2 Å². The van der Waals surface area contributed by atoms with Crippen LogP contribution in [-0.4, -0.2) is 0 Å². The first-order chi connectivity index (χ1) is 19.3. The molecule has 1 atom stereocenters. The van der Waals surface area contributed by atoms with Gasteiger partial charge in [0, 0.05) is 11.8 Å². The Hall–Kier alpha value is -3.90. The van der Waals surface area contributed by atoms with Crippen molar-refractivity contribution in [2.45, 2.75) is 50.9 Å². The molecule has 0 bridgehead atoms. The highest BCUT2D eigenvalue weighted by Crippen LogP contribution is 2.42. The molecule has 0 saturated carbocycles. The molecular weight excluding hydrogens is 468 g/mol. The average Bonchev–Trinajstić information content (AvgIpc) is 3.76. The van der Waals surface area contributed by atoms with Crippen molar-refractivity contribution in [1.82, 2.24) is 0 Å². The van der Waals surface area contributed by atoms with Crippen LogP contribution < -0.4 is 0 Å². The second-order valence-corrected chi connectivity index (χ2v) is 11.5. The van der Waals surface area contributed by atoms with Gasteiger partial charge in [0.25, 0.3) is 0 Å². The van der Waals surface area contributed by atoms with Crippen LogP contribution >= 0.6 is 0 Å². The standard InChI is InChI=1S/C39H36/c1-2-11-31(10-1)33-13-4-9-29(25-33)8-3-7-28-17-19-30(20-18-28)26-35-23-24-38(39-16-6-15-37(35)39)36-22-21-32-12-5-14-34(32)27-36/h1-2,4,6,9-11,13,15-25,27,31,39H,3,5,7-8,12,14,26H2. The lowest BCUT2D eigenvalue weighted by Crippen LogP contribution is -2.10. The summed E-state index contributed by atoms with van der Waals surface area (Å²) in [6.45, 7) is 0. The van der Waals surface area contributed by atoms with E-state index in [-0.39, 0.29) is 0 Å². The number of hydrogen-bond acceptors (Lipinski definition) is 0. The zero-order chi connectivity index (χ0) is 26.0. The van der Waals surface area contributed by atoms with Crippen LogP contribution in [0.1, 0.15) is 57.7 Å². The predicted octanol–water partition coefficient (Wildman–Crippen LogP) is 9.24. The number of rotatable bonds is 8. The number of hydrogen-bond donors (Lipinski definition) is 0. The number of benzene rings is 3. The highest BCUT2D eigenvalue weighted by Gasteiger charge is 2.26. The second-order valence-electron chi connectivity index (χ2n) is 11.5. The summed E-state index contributed by atoms with van der Waals surface area (Å²) in [7, 11) is 0. The Morgan fingerprint density at radius 3 is 2.33 bits per heavy atom. The van der Waals surface area contributed by atoms with Gasteiger partial charge >= 0.3 is 0 Å². The monoisotopic (exact) mass is 504 g/mol. The van der Waals surface area contributed by atoms with Gasteiger partial charge in [0.05, 0.1) is 0 Å². The van der Waals surface area contributed by atoms with Crippen LogP contribution in [0.2, 0.25) is 0 Å². The van der Waals surface area contributed by atoms with Gasteiger partial charge < -0.3 is 0 Å². The van der Waals surface area contributed by atoms with E-state index >= 15 is 0 Å². The molecule has 0 fully saturated rings. The van der Waals surface area contributed by atoms with E-state index in [4.69, 9.17) is 0 Å². The van der Waals surface area contributed by atoms with E-state index in [2.05, 4.69) is 121 Å². The molecule has 0 nitrogen and oxygen atoms in total. The fourth-order valence-electron chi connectivity index (χ4n) is 6.78. The van der Waals surface area contributed by atoms with Gasteiger partial charge in [-0.15, -0.1) is 0 Å². The number of allylic oxidation sites excluding steroid dienone is 12. The molecule has 0 aromatic heterocycles. The van der Waals surface area contributed by atoms with Gasteiger partial charge in [-0.3, -0.25) is 0 Å². The minimum Gasteiger partial charge on any atom is -0.0732 e. The first kappa shape index (κ1) is 24.2. The van der Waals surface area contributed by atoms with Gasteiger partial charge in [0.2, 0.25) is 0 Å². The van der Waals surface area contributed by atoms with Gasteiger partial charge in [-0.1, -0.05) is 121 Å². The minimum absolute atomic E-state index is 0.392. The van der Waals surface area contributed by atoms with Crippen LogP contribution in [0.25, 0.3) is 5.57 Å². The molecule has 192 valence electrons. The van der Waals surface area contributed by atoms with E-state index in [1.807, 2.05) is 0 Å². The fraction of sp³-hybridized carbons (Fsp3) is 0.231. The van der Waals surface area contributed by atoms with E-state index in [0.29, 0.717) is 11.8 Å². The maximum absolute atomic E-state index is 2.45. The average molecular weight is 505 g/mol. The lowest BCUT2D eigenvalue weighted by molar-refractivity contribution is 0.818. The zero-order valence-corrected chi connectivity index (χ0v) is 22.7. The molecule has 0 heterocycles. The lowest BCUT2D eigenvalue weighted by atomic mass is 9.79. The highest BCUT2D eigenvalue weighted by atomic mass is 14.3. The van der Waals surface area contributed by atoms with Crippen LogP contribution in [0.3, 0.4) is 0 Å².